The molecule has 3 nitrogen and oxygen atoms in total. The van der Waals surface area contributed by atoms with Crippen molar-refractivity contribution >= 4 is 15.9 Å². The predicted octanol–water partition coefficient (Wildman–Crippen LogP) is 4.06. The molecule has 0 spiro atoms. The predicted molar refractivity (Wildman–Crippen MR) is 91.5 cm³/mol. The number of nitrogens with one attached hydrogen (secondary N) is 1. The highest BCUT2D eigenvalue weighted by Crippen LogP contribution is 2.21. The lowest BCUT2D eigenvalue weighted by Crippen LogP contribution is -2.19. The molecule has 114 valence electrons. The van der Waals surface area contributed by atoms with E-state index in [1.54, 1.807) is 0 Å². The third-order valence-corrected chi connectivity index (χ3v) is 4.42. The summed E-state index contributed by atoms with van der Waals surface area (Å²) in [6.45, 7) is 11.4. The number of hydrogen-bond donors (Lipinski definition) is 1. The Morgan fingerprint density at radius 3 is 2.62 bits per heavy atom. The molecule has 0 aliphatic heterocycles. The molecule has 0 radical (unpaired) electrons. The van der Waals surface area contributed by atoms with E-state index in [1.807, 2.05) is 13.3 Å². The normalized spacial score (nSPS) is 11.3. The molecule has 4 heteroatoms. The Labute approximate surface area is 135 Å². The highest BCUT2D eigenvalue weighted by molar-refractivity contribution is 9.10. The van der Waals surface area contributed by atoms with Crippen LogP contribution < -0.4 is 5.32 Å². The van der Waals surface area contributed by atoms with Crippen molar-refractivity contribution in [1.82, 2.24) is 14.9 Å². The van der Waals surface area contributed by atoms with Crippen molar-refractivity contribution in [3.63, 3.8) is 0 Å². The first-order valence-electron chi connectivity index (χ1n) is 7.43. The molecule has 0 amide bonds. The van der Waals surface area contributed by atoms with Crippen LogP contribution >= 0.6 is 15.9 Å². The summed E-state index contributed by atoms with van der Waals surface area (Å²) in [5.41, 5.74) is 4.91. The van der Waals surface area contributed by atoms with Gasteiger partial charge < -0.3 is 9.88 Å². The maximum atomic E-state index is 4.35. The van der Waals surface area contributed by atoms with Gasteiger partial charge in [-0.05, 0) is 43.5 Å². The molecule has 0 bridgehead atoms. The molecular weight excluding hydrogens is 326 g/mol. The molecule has 1 N–H and O–H groups in total. The molecule has 0 aliphatic rings. The maximum Gasteiger partial charge on any atom is 0.0954 e. The van der Waals surface area contributed by atoms with Gasteiger partial charge in [-0.2, -0.15) is 0 Å². The Kier molecular flexibility index (Phi) is 5.59. The molecule has 0 unspecified atom stereocenters. The minimum Gasteiger partial charge on any atom is -0.330 e. The van der Waals surface area contributed by atoms with E-state index in [9.17, 15) is 0 Å². The SMILES string of the molecule is Cc1ncn(Cc2ccc(CNCC(C)C)cc2Br)c1C. The Bertz CT molecular complexity index is 602. The standard InChI is InChI=1S/C17H24BrN3/c1-12(2)8-19-9-15-5-6-16(17(18)7-15)10-21-11-20-13(3)14(21)4/h5-7,11-12,19H,8-10H2,1-4H3. The highest BCUT2D eigenvalue weighted by atomic mass is 79.9. The lowest BCUT2D eigenvalue weighted by atomic mass is 10.1. The molecule has 0 saturated heterocycles. The molecule has 0 saturated carbocycles. The van der Waals surface area contributed by atoms with E-state index in [1.165, 1.54) is 16.8 Å². The van der Waals surface area contributed by atoms with Crippen LogP contribution in [0.4, 0.5) is 0 Å². The van der Waals surface area contributed by atoms with Crippen LogP contribution in [-0.2, 0) is 13.1 Å². The fourth-order valence-corrected chi connectivity index (χ4v) is 2.77. The molecule has 2 rings (SSSR count). The smallest absolute Gasteiger partial charge is 0.0954 e. The number of halogens is 1. The molecule has 1 aromatic carbocycles. The zero-order valence-electron chi connectivity index (χ0n) is 13.3. The fourth-order valence-electron chi connectivity index (χ4n) is 2.22. The Morgan fingerprint density at radius 1 is 1.29 bits per heavy atom. The Balaban J connectivity index is 2.03. The van der Waals surface area contributed by atoms with Crippen LogP contribution in [0.3, 0.4) is 0 Å². The van der Waals surface area contributed by atoms with E-state index < -0.39 is 0 Å². The van der Waals surface area contributed by atoms with Crippen molar-refractivity contribution in [1.29, 1.82) is 0 Å². The minimum atomic E-state index is 0.681. The van der Waals surface area contributed by atoms with Crippen LogP contribution in [0.5, 0.6) is 0 Å². The van der Waals surface area contributed by atoms with Crippen LogP contribution in [0.15, 0.2) is 29.0 Å². The van der Waals surface area contributed by atoms with Gasteiger partial charge in [0.1, 0.15) is 0 Å². The summed E-state index contributed by atoms with van der Waals surface area (Å²) >= 11 is 3.70. The van der Waals surface area contributed by atoms with Gasteiger partial charge in [0.15, 0.2) is 0 Å². The minimum absolute atomic E-state index is 0.681. The molecule has 0 fully saturated rings. The third-order valence-electron chi connectivity index (χ3n) is 3.69. The quantitative estimate of drug-likeness (QED) is 0.852. The Hall–Kier alpha value is -1.13. The van der Waals surface area contributed by atoms with Gasteiger partial charge in [0, 0.05) is 23.3 Å². The lowest BCUT2D eigenvalue weighted by Gasteiger charge is -2.11. The van der Waals surface area contributed by atoms with Gasteiger partial charge in [0.2, 0.25) is 0 Å². The molecule has 21 heavy (non-hydrogen) atoms. The average Bonchev–Trinajstić information content (AvgIpc) is 2.73. The van der Waals surface area contributed by atoms with E-state index in [-0.39, 0.29) is 0 Å². The lowest BCUT2D eigenvalue weighted by molar-refractivity contribution is 0.552. The summed E-state index contributed by atoms with van der Waals surface area (Å²) in [5.74, 6) is 0.681. The summed E-state index contributed by atoms with van der Waals surface area (Å²) in [6, 6.07) is 6.61. The number of aryl methyl sites for hydroxylation is 1. The zero-order chi connectivity index (χ0) is 15.4. The van der Waals surface area contributed by atoms with E-state index in [4.69, 9.17) is 0 Å². The van der Waals surface area contributed by atoms with Crippen molar-refractivity contribution < 1.29 is 0 Å². The van der Waals surface area contributed by atoms with Gasteiger partial charge in [-0.25, -0.2) is 4.98 Å². The molecule has 1 aromatic heterocycles. The van der Waals surface area contributed by atoms with Gasteiger partial charge in [-0.15, -0.1) is 0 Å². The molecule has 0 aliphatic carbocycles. The molecule has 0 atom stereocenters. The number of hydrogen-bond acceptors (Lipinski definition) is 2. The summed E-state index contributed by atoms with van der Waals surface area (Å²) in [6.07, 6.45) is 1.91. The number of nitrogens with zero attached hydrogens (tertiary/aromatic N) is 2. The number of rotatable bonds is 6. The monoisotopic (exact) mass is 349 g/mol. The second kappa shape index (κ2) is 7.23. The van der Waals surface area contributed by atoms with E-state index in [2.05, 4.69) is 69.8 Å². The number of benzene rings is 1. The van der Waals surface area contributed by atoms with Crippen molar-refractivity contribution in [2.75, 3.05) is 6.54 Å². The van der Waals surface area contributed by atoms with Gasteiger partial charge in [0.25, 0.3) is 0 Å². The highest BCUT2D eigenvalue weighted by Gasteiger charge is 2.06. The Morgan fingerprint density at radius 2 is 2.05 bits per heavy atom. The third kappa shape index (κ3) is 4.42. The number of aromatic nitrogens is 2. The van der Waals surface area contributed by atoms with E-state index in [0.717, 1.165) is 29.8 Å². The van der Waals surface area contributed by atoms with Gasteiger partial charge in [-0.1, -0.05) is 41.9 Å². The summed E-state index contributed by atoms with van der Waals surface area (Å²) in [5, 5.41) is 3.47. The van der Waals surface area contributed by atoms with E-state index in [0.29, 0.717) is 5.92 Å². The molecule has 1 heterocycles. The largest absolute Gasteiger partial charge is 0.330 e. The molecular formula is C17H24BrN3. The first-order valence-corrected chi connectivity index (χ1v) is 8.23. The summed E-state index contributed by atoms with van der Waals surface area (Å²) in [4.78, 5) is 4.35. The van der Waals surface area contributed by atoms with Crippen molar-refractivity contribution in [2.24, 2.45) is 5.92 Å². The van der Waals surface area contributed by atoms with E-state index >= 15 is 0 Å². The van der Waals surface area contributed by atoms with Gasteiger partial charge in [-0.3, -0.25) is 0 Å². The zero-order valence-corrected chi connectivity index (χ0v) is 14.9. The fraction of sp³-hybridized carbons (Fsp3) is 0.471. The van der Waals surface area contributed by atoms with Crippen LogP contribution in [0.25, 0.3) is 0 Å². The maximum absolute atomic E-state index is 4.35. The first kappa shape index (κ1) is 16.2. The van der Waals surface area contributed by atoms with Crippen molar-refractivity contribution in [3.8, 4) is 0 Å². The van der Waals surface area contributed by atoms with Crippen LogP contribution in [-0.4, -0.2) is 16.1 Å². The van der Waals surface area contributed by atoms with Crippen LogP contribution in [0.2, 0.25) is 0 Å². The topological polar surface area (TPSA) is 29.9 Å². The number of imidazole rings is 1. The summed E-state index contributed by atoms with van der Waals surface area (Å²) < 4.78 is 3.35. The van der Waals surface area contributed by atoms with Crippen LogP contribution in [0, 0.1) is 19.8 Å². The summed E-state index contributed by atoms with van der Waals surface area (Å²) in [7, 11) is 0. The van der Waals surface area contributed by atoms with Gasteiger partial charge in [0.05, 0.1) is 12.0 Å². The molecule has 2 aromatic rings. The van der Waals surface area contributed by atoms with Crippen LogP contribution in [0.1, 0.15) is 36.4 Å². The second-order valence-corrected chi connectivity index (χ2v) is 6.85. The first-order chi connectivity index (χ1) is 9.97. The van der Waals surface area contributed by atoms with Gasteiger partial charge >= 0.3 is 0 Å². The van der Waals surface area contributed by atoms with Crippen molar-refractivity contribution in [3.05, 3.63) is 51.5 Å². The average molecular weight is 350 g/mol. The van der Waals surface area contributed by atoms with Crippen molar-refractivity contribution in [2.45, 2.75) is 40.8 Å². The second-order valence-electron chi connectivity index (χ2n) is 5.99.